The van der Waals surface area contributed by atoms with Gasteiger partial charge in [-0.1, -0.05) is 30.3 Å². The fourth-order valence-electron chi connectivity index (χ4n) is 2.51. The van der Waals surface area contributed by atoms with Crippen molar-refractivity contribution in [3.05, 3.63) is 68.9 Å². The molecule has 4 N–H and O–H groups in total. The van der Waals surface area contributed by atoms with Crippen molar-refractivity contribution < 1.29 is 9.90 Å². The first-order valence-corrected chi connectivity index (χ1v) is 9.97. The quantitative estimate of drug-likeness (QED) is 0.466. The zero-order chi connectivity index (χ0) is 20.7. The Labute approximate surface area is 174 Å². The van der Waals surface area contributed by atoms with Crippen molar-refractivity contribution in [2.75, 3.05) is 13.6 Å². The molecule has 0 fully saturated rings. The molecule has 0 spiro atoms. The summed E-state index contributed by atoms with van der Waals surface area (Å²) in [4.78, 5) is 21.1. The predicted octanol–water partition coefficient (Wildman–Crippen LogP) is 3.67. The first-order chi connectivity index (χ1) is 13.4. The van der Waals surface area contributed by atoms with E-state index >= 15 is 0 Å². The fraction of sp³-hybridized carbons (Fsp3) is 0.300. The van der Waals surface area contributed by atoms with Gasteiger partial charge in [-0.3, -0.25) is 4.79 Å². The molecule has 0 aromatic carbocycles. The Morgan fingerprint density at radius 3 is 2.75 bits per heavy atom. The van der Waals surface area contributed by atoms with Gasteiger partial charge in [-0.15, -0.1) is 11.3 Å². The van der Waals surface area contributed by atoms with E-state index < -0.39 is 0 Å². The van der Waals surface area contributed by atoms with Crippen LogP contribution >= 0.6 is 22.9 Å². The van der Waals surface area contributed by atoms with Crippen LogP contribution in [0.25, 0.3) is 5.57 Å². The van der Waals surface area contributed by atoms with Crippen LogP contribution in [0.5, 0.6) is 0 Å². The summed E-state index contributed by atoms with van der Waals surface area (Å²) in [7, 11) is 1.81. The van der Waals surface area contributed by atoms with Gasteiger partial charge in [0.1, 0.15) is 10.7 Å². The summed E-state index contributed by atoms with van der Waals surface area (Å²) in [6.45, 7) is 7.85. The van der Waals surface area contributed by atoms with Crippen molar-refractivity contribution in [3.63, 3.8) is 0 Å². The maximum atomic E-state index is 12.7. The van der Waals surface area contributed by atoms with E-state index in [0.29, 0.717) is 17.3 Å². The van der Waals surface area contributed by atoms with E-state index in [-0.39, 0.29) is 18.6 Å². The smallest absolute Gasteiger partial charge is 0.268 e. The van der Waals surface area contributed by atoms with Crippen LogP contribution in [0.2, 0.25) is 0 Å². The predicted molar refractivity (Wildman–Crippen MR) is 115 cm³/mol. The van der Waals surface area contributed by atoms with E-state index in [2.05, 4.69) is 27.2 Å². The van der Waals surface area contributed by atoms with E-state index in [4.69, 9.17) is 11.6 Å². The minimum atomic E-state index is -0.292. The third-order valence-corrected chi connectivity index (χ3v) is 5.64. The minimum Gasteiger partial charge on any atom is -0.391 e. The van der Waals surface area contributed by atoms with Crippen LogP contribution in [0, 0.1) is 6.92 Å². The third kappa shape index (κ3) is 5.65. The lowest BCUT2D eigenvalue weighted by molar-refractivity contribution is 0.0932. The van der Waals surface area contributed by atoms with Crippen LogP contribution < -0.4 is 10.6 Å². The molecule has 1 amide bonds. The first-order valence-electron chi connectivity index (χ1n) is 8.78. The summed E-state index contributed by atoms with van der Waals surface area (Å²) in [6, 6.07) is 3.30. The number of amides is 1. The number of hydrogen-bond donors (Lipinski definition) is 4. The molecule has 0 saturated carbocycles. The van der Waals surface area contributed by atoms with E-state index in [0.717, 1.165) is 26.8 Å². The summed E-state index contributed by atoms with van der Waals surface area (Å²) in [5.41, 5.74) is 3.01. The number of aryl methyl sites for hydroxylation is 1. The lowest BCUT2D eigenvalue weighted by Crippen LogP contribution is -2.34. The second-order valence-electron chi connectivity index (χ2n) is 6.19. The lowest BCUT2D eigenvalue weighted by atomic mass is 10.2. The summed E-state index contributed by atoms with van der Waals surface area (Å²) in [5, 5.41) is 16.8. The second-order valence-corrected chi connectivity index (χ2v) is 7.75. The summed E-state index contributed by atoms with van der Waals surface area (Å²) < 4.78 is 0. The number of aliphatic hydroxyl groups is 1. The number of allylic oxidation sites excluding steroid dienone is 5. The Kier molecular flexibility index (Phi) is 8.19. The SMILES string of the molecule is C=C/C(Cl)=C\C=C(/C)c1ccc(C(=O)NC(CNC)c2nc(C)c(CO)s2)[nH]1. The number of carbonyl (C=O) groups excluding carboxylic acids is 1. The molecule has 0 saturated heterocycles. The molecule has 150 valence electrons. The molecule has 6 nitrogen and oxygen atoms in total. The van der Waals surface area contributed by atoms with E-state index in [9.17, 15) is 9.90 Å². The van der Waals surface area contributed by atoms with Gasteiger partial charge < -0.3 is 20.7 Å². The fourth-order valence-corrected chi connectivity index (χ4v) is 3.55. The van der Waals surface area contributed by atoms with Crippen molar-refractivity contribution in [2.45, 2.75) is 26.5 Å². The lowest BCUT2D eigenvalue weighted by Gasteiger charge is -2.15. The number of aromatic amines is 1. The number of carbonyl (C=O) groups is 1. The number of halogens is 1. The number of aromatic nitrogens is 2. The zero-order valence-corrected chi connectivity index (χ0v) is 17.7. The highest BCUT2D eigenvalue weighted by molar-refractivity contribution is 7.11. The number of H-pyrrole nitrogens is 1. The number of hydrogen-bond acceptors (Lipinski definition) is 5. The van der Waals surface area contributed by atoms with Gasteiger partial charge in [0.05, 0.1) is 23.2 Å². The Morgan fingerprint density at radius 2 is 2.14 bits per heavy atom. The topological polar surface area (TPSA) is 90.0 Å². The molecule has 2 rings (SSSR count). The van der Waals surface area contributed by atoms with Crippen molar-refractivity contribution >= 4 is 34.4 Å². The van der Waals surface area contributed by atoms with Gasteiger partial charge in [0.25, 0.3) is 5.91 Å². The standard InChI is InChI=1S/C20H25ClN4O2S/c1-5-14(21)7-6-12(2)15-8-9-16(24-15)19(27)25-17(10-22-4)20-23-13(3)18(11-26)28-20/h5-9,17,22,24,26H,1,10-11H2,2-4H3,(H,25,27)/b12-6+,14-7+. The van der Waals surface area contributed by atoms with Gasteiger partial charge in [0.2, 0.25) is 0 Å². The molecule has 8 heteroatoms. The van der Waals surface area contributed by atoms with Gasteiger partial charge in [-0.2, -0.15) is 0 Å². The average molecular weight is 421 g/mol. The van der Waals surface area contributed by atoms with Crippen LogP contribution in [-0.2, 0) is 6.61 Å². The highest BCUT2D eigenvalue weighted by atomic mass is 35.5. The number of nitrogens with zero attached hydrogens (tertiary/aromatic N) is 1. The first kappa shape index (κ1) is 22.1. The van der Waals surface area contributed by atoms with Gasteiger partial charge in [-0.05, 0) is 44.7 Å². The average Bonchev–Trinajstić information content (AvgIpc) is 3.32. The summed E-state index contributed by atoms with van der Waals surface area (Å²) in [6.07, 6.45) is 5.16. The number of thiazole rings is 1. The van der Waals surface area contributed by atoms with Crippen LogP contribution in [0.15, 0.2) is 42.0 Å². The van der Waals surface area contributed by atoms with E-state index in [1.54, 1.807) is 18.2 Å². The summed E-state index contributed by atoms with van der Waals surface area (Å²) >= 11 is 7.32. The highest BCUT2D eigenvalue weighted by Crippen LogP contribution is 2.24. The maximum Gasteiger partial charge on any atom is 0.268 e. The molecule has 0 aliphatic carbocycles. The molecular formula is C20H25ClN4O2S. The van der Waals surface area contributed by atoms with E-state index in [1.807, 2.05) is 33.0 Å². The number of likely N-dealkylation sites (N-methyl/N-ethyl adjacent to an activating group) is 1. The van der Waals surface area contributed by atoms with Crippen LogP contribution in [0.4, 0.5) is 0 Å². The molecule has 0 aliphatic rings. The van der Waals surface area contributed by atoms with Gasteiger partial charge >= 0.3 is 0 Å². The van der Waals surface area contributed by atoms with Crippen molar-refractivity contribution in [1.29, 1.82) is 0 Å². The van der Waals surface area contributed by atoms with Gasteiger partial charge in [-0.25, -0.2) is 4.98 Å². The molecule has 2 aromatic rings. The molecule has 0 bridgehead atoms. The van der Waals surface area contributed by atoms with Crippen LogP contribution in [0.1, 0.15) is 44.7 Å². The van der Waals surface area contributed by atoms with E-state index in [1.165, 1.54) is 11.3 Å². The zero-order valence-electron chi connectivity index (χ0n) is 16.2. The summed E-state index contributed by atoms with van der Waals surface area (Å²) in [5.74, 6) is -0.225. The highest BCUT2D eigenvalue weighted by Gasteiger charge is 2.20. The van der Waals surface area contributed by atoms with Gasteiger partial charge in [0.15, 0.2) is 0 Å². The molecule has 0 radical (unpaired) electrons. The normalized spacial score (nSPS) is 13.5. The minimum absolute atomic E-state index is 0.0559. The van der Waals surface area contributed by atoms with Crippen molar-refractivity contribution in [1.82, 2.24) is 20.6 Å². The number of rotatable bonds is 9. The Bertz CT molecular complexity index is 898. The maximum absolute atomic E-state index is 12.7. The largest absolute Gasteiger partial charge is 0.391 e. The van der Waals surface area contributed by atoms with Crippen LogP contribution in [0.3, 0.4) is 0 Å². The van der Waals surface area contributed by atoms with Crippen molar-refractivity contribution in [2.24, 2.45) is 0 Å². The Hall–Kier alpha value is -2.19. The molecule has 1 unspecified atom stereocenters. The van der Waals surface area contributed by atoms with Crippen LogP contribution in [-0.4, -0.2) is 34.6 Å². The molecular weight excluding hydrogens is 396 g/mol. The molecule has 28 heavy (non-hydrogen) atoms. The Morgan fingerprint density at radius 1 is 1.43 bits per heavy atom. The third-order valence-electron chi connectivity index (χ3n) is 4.11. The molecule has 2 heterocycles. The Balaban J connectivity index is 2.16. The number of nitrogens with one attached hydrogen (secondary N) is 3. The second kappa shape index (κ2) is 10.4. The molecule has 0 aliphatic heterocycles. The monoisotopic (exact) mass is 420 g/mol. The molecule has 2 aromatic heterocycles. The van der Waals surface area contributed by atoms with Crippen molar-refractivity contribution in [3.8, 4) is 0 Å². The van der Waals surface area contributed by atoms with Gasteiger partial charge in [0, 0.05) is 17.3 Å². The number of aliphatic hydroxyl groups excluding tert-OH is 1. The molecule has 1 atom stereocenters.